The molecule has 1 saturated heterocycles. The first kappa shape index (κ1) is 12.1. The molecular weight excluding hydrogens is 268 g/mol. The molecule has 0 saturated carbocycles. The second-order valence-electron chi connectivity index (χ2n) is 5.19. The SMILES string of the molecule is c1csc(-c2cc3nccc(C4CCCNC4)n3n2)c1. The standard InChI is InChI=1S/C15H16N4S/c1-3-11(10-16-6-1)13-5-7-17-15-9-12(18-19(13)15)14-4-2-8-20-14/h2,4-5,7-9,11,16H,1,3,6,10H2. The predicted octanol–water partition coefficient (Wildman–Crippen LogP) is 2.92. The number of aromatic nitrogens is 3. The van der Waals surface area contributed by atoms with Gasteiger partial charge in [0.25, 0.3) is 0 Å². The molecule has 102 valence electrons. The van der Waals surface area contributed by atoms with E-state index >= 15 is 0 Å². The van der Waals surface area contributed by atoms with Gasteiger partial charge in [-0.3, -0.25) is 0 Å². The second-order valence-corrected chi connectivity index (χ2v) is 6.14. The minimum absolute atomic E-state index is 0.533. The van der Waals surface area contributed by atoms with Crippen molar-refractivity contribution in [2.75, 3.05) is 13.1 Å². The van der Waals surface area contributed by atoms with Gasteiger partial charge in [0.05, 0.1) is 10.6 Å². The average Bonchev–Trinajstić information content (AvgIpc) is 3.16. The van der Waals surface area contributed by atoms with E-state index in [1.165, 1.54) is 23.4 Å². The molecule has 20 heavy (non-hydrogen) atoms. The minimum Gasteiger partial charge on any atom is -0.316 e. The van der Waals surface area contributed by atoms with Crippen LogP contribution in [0.1, 0.15) is 24.5 Å². The Hall–Kier alpha value is -1.72. The van der Waals surface area contributed by atoms with E-state index in [9.17, 15) is 0 Å². The lowest BCUT2D eigenvalue weighted by molar-refractivity contribution is 0.448. The molecule has 4 heterocycles. The Morgan fingerprint density at radius 1 is 1.35 bits per heavy atom. The van der Waals surface area contributed by atoms with Crippen molar-refractivity contribution in [2.24, 2.45) is 0 Å². The summed E-state index contributed by atoms with van der Waals surface area (Å²) in [5, 5.41) is 10.3. The Morgan fingerprint density at radius 3 is 3.15 bits per heavy atom. The molecular formula is C15H16N4S. The van der Waals surface area contributed by atoms with Crippen molar-refractivity contribution >= 4 is 17.0 Å². The maximum Gasteiger partial charge on any atom is 0.155 e. The monoisotopic (exact) mass is 284 g/mol. The van der Waals surface area contributed by atoms with Gasteiger partial charge in [-0.15, -0.1) is 11.3 Å². The lowest BCUT2D eigenvalue weighted by Gasteiger charge is -2.23. The zero-order valence-electron chi connectivity index (χ0n) is 11.1. The molecule has 3 aromatic heterocycles. The lowest BCUT2D eigenvalue weighted by Crippen LogP contribution is -2.29. The first-order valence-corrected chi connectivity index (χ1v) is 7.89. The van der Waals surface area contributed by atoms with Gasteiger partial charge in [0, 0.05) is 24.7 Å². The van der Waals surface area contributed by atoms with Gasteiger partial charge in [0.2, 0.25) is 0 Å². The fraction of sp³-hybridized carbons (Fsp3) is 0.333. The maximum absolute atomic E-state index is 4.77. The highest BCUT2D eigenvalue weighted by atomic mass is 32.1. The van der Waals surface area contributed by atoms with Crippen molar-refractivity contribution in [1.82, 2.24) is 19.9 Å². The molecule has 0 radical (unpaired) electrons. The summed E-state index contributed by atoms with van der Waals surface area (Å²) in [4.78, 5) is 5.65. The van der Waals surface area contributed by atoms with Crippen LogP contribution in [0.25, 0.3) is 16.2 Å². The Labute approximate surface area is 121 Å². The van der Waals surface area contributed by atoms with Crippen LogP contribution in [0.5, 0.6) is 0 Å². The van der Waals surface area contributed by atoms with Crippen molar-refractivity contribution in [3.63, 3.8) is 0 Å². The highest BCUT2D eigenvalue weighted by Crippen LogP contribution is 2.27. The molecule has 1 unspecified atom stereocenters. The van der Waals surface area contributed by atoms with E-state index < -0.39 is 0 Å². The Bertz CT molecular complexity index is 711. The third kappa shape index (κ3) is 2.03. The van der Waals surface area contributed by atoms with Gasteiger partial charge >= 0.3 is 0 Å². The number of rotatable bonds is 2. The topological polar surface area (TPSA) is 42.2 Å². The summed E-state index contributed by atoms with van der Waals surface area (Å²) in [5.41, 5.74) is 3.23. The van der Waals surface area contributed by atoms with Crippen LogP contribution in [0.2, 0.25) is 0 Å². The Balaban J connectivity index is 1.81. The lowest BCUT2D eigenvalue weighted by atomic mass is 9.96. The van der Waals surface area contributed by atoms with Crippen molar-refractivity contribution in [1.29, 1.82) is 0 Å². The van der Waals surface area contributed by atoms with Gasteiger partial charge in [-0.25, -0.2) is 9.50 Å². The normalized spacial score (nSPS) is 19.5. The fourth-order valence-electron chi connectivity index (χ4n) is 2.87. The zero-order chi connectivity index (χ0) is 13.4. The number of fused-ring (bicyclic) bond motifs is 1. The molecule has 0 bridgehead atoms. The van der Waals surface area contributed by atoms with Gasteiger partial charge in [-0.05, 0) is 36.9 Å². The third-order valence-corrected chi connectivity index (χ3v) is 4.77. The smallest absolute Gasteiger partial charge is 0.155 e. The molecule has 1 fully saturated rings. The number of nitrogens with zero attached hydrogens (tertiary/aromatic N) is 3. The summed E-state index contributed by atoms with van der Waals surface area (Å²) in [6.45, 7) is 2.16. The average molecular weight is 284 g/mol. The predicted molar refractivity (Wildman–Crippen MR) is 81.1 cm³/mol. The van der Waals surface area contributed by atoms with Crippen LogP contribution >= 0.6 is 11.3 Å². The third-order valence-electron chi connectivity index (χ3n) is 3.88. The van der Waals surface area contributed by atoms with E-state index in [1.807, 2.05) is 10.7 Å². The Kier molecular flexibility index (Phi) is 3.01. The molecule has 0 aromatic carbocycles. The summed E-state index contributed by atoms with van der Waals surface area (Å²) in [6, 6.07) is 8.35. The maximum atomic E-state index is 4.77. The number of nitrogens with one attached hydrogen (secondary N) is 1. The number of hydrogen-bond acceptors (Lipinski definition) is 4. The van der Waals surface area contributed by atoms with E-state index in [2.05, 4.69) is 39.9 Å². The first-order chi connectivity index (χ1) is 9.92. The van der Waals surface area contributed by atoms with Crippen LogP contribution in [0.3, 0.4) is 0 Å². The molecule has 5 heteroatoms. The van der Waals surface area contributed by atoms with Crippen molar-refractivity contribution < 1.29 is 0 Å². The van der Waals surface area contributed by atoms with E-state index in [4.69, 9.17) is 5.10 Å². The molecule has 0 spiro atoms. The summed E-state index contributed by atoms with van der Waals surface area (Å²) in [6.07, 6.45) is 4.35. The van der Waals surface area contributed by atoms with Crippen LogP contribution in [-0.2, 0) is 0 Å². The van der Waals surface area contributed by atoms with E-state index in [1.54, 1.807) is 11.3 Å². The van der Waals surface area contributed by atoms with Crippen LogP contribution in [-0.4, -0.2) is 27.7 Å². The minimum atomic E-state index is 0.533. The van der Waals surface area contributed by atoms with Crippen molar-refractivity contribution in [3.05, 3.63) is 41.5 Å². The number of thiophene rings is 1. The van der Waals surface area contributed by atoms with Gasteiger partial charge in [-0.1, -0.05) is 6.07 Å². The van der Waals surface area contributed by atoms with Crippen molar-refractivity contribution in [3.8, 4) is 10.6 Å². The molecule has 0 amide bonds. The highest BCUT2D eigenvalue weighted by Gasteiger charge is 2.19. The van der Waals surface area contributed by atoms with Crippen LogP contribution in [0, 0.1) is 0 Å². The van der Waals surface area contributed by atoms with Crippen LogP contribution < -0.4 is 5.32 Å². The number of piperidine rings is 1. The number of hydrogen-bond donors (Lipinski definition) is 1. The van der Waals surface area contributed by atoms with E-state index in [0.29, 0.717) is 5.92 Å². The van der Waals surface area contributed by atoms with Gasteiger partial charge in [-0.2, -0.15) is 5.10 Å². The van der Waals surface area contributed by atoms with E-state index in [-0.39, 0.29) is 0 Å². The second kappa shape index (κ2) is 5.00. The quantitative estimate of drug-likeness (QED) is 0.787. The van der Waals surface area contributed by atoms with E-state index in [0.717, 1.165) is 24.4 Å². The molecule has 1 atom stereocenters. The van der Waals surface area contributed by atoms with Crippen molar-refractivity contribution in [2.45, 2.75) is 18.8 Å². The molecule has 1 aliphatic rings. The molecule has 3 aromatic rings. The Morgan fingerprint density at radius 2 is 2.35 bits per heavy atom. The van der Waals surface area contributed by atoms with Gasteiger partial charge in [0.1, 0.15) is 5.69 Å². The molecule has 1 aliphatic heterocycles. The molecule has 1 N–H and O–H groups in total. The fourth-order valence-corrected chi connectivity index (χ4v) is 3.55. The van der Waals surface area contributed by atoms with Crippen LogP contribution in [0.4, 0.5) is 0 Å². The first-order valence-electron chi connectivity index (χ1n) is 7.01. The van der Waals surface area contributed by atoms with Gasteiger partial charge in [0.15, 0.2) is 5.65 Å². The summed E-state index contributed by atoms with van der Waals surface area (Å²) in [7, 11) is 0. The zero-order valence-corrected chi connectivity index (χ0v) is 11.9. The van der Waals surface area contributed by atoms with Crippen LogP contribution in [0.15, 0.2) is 35.8 Å². The summed E-state index contributed by atoms with van der Waals surface area (Å²) in [5.74, 6) is 0.533. The highest BCUT2D eigenvalue weighted by molar-refractivity contribution is 7.13. The van der Waals surface area contributed by atoms with Gasteiger partial charge < -0.3 is 5.32 Å². The summed E-state index contributed by atoms with van der Waals surface area (Å²) >= 11 is 1.72. The molecule has 0 aliphatic carbocycles. The largest absolute Gasteiger partial charge is 0.316 e. The molecule has 4 rings (SSSR count). The summed E-state index contributed by atoms with van der Waals surface area (Å²) < 4.78 is 2.02. The molecule has 4 nitrogen and oxygen atoms in total.